The summed E-state index contributed by atoms with van der Waals surface area (Å²) >= 11 is 6.18. The average Bonchev–Trinajstić information content (AvgIpc) is 3.06. The van der Waals surface area contributed by atoms with Crippen molar-refractivity contribution in [1.82, 2.24) is 9.88 Å². The number of carbonyl (C=O) groups excluding carboxylic acids is 4. The maximum Gasteiger partial charge on any atom is 0.335 e. The molecule has 5 amide bonds. The van der Waals surface area contributed by atoms with Gasteiger partial charge in [-0.25, -0.2) is 9.69 Å². The average molecular weight is 491 g/mol. The van der Waals surface area contributed by atoms with E-state index in [0.29, 0.717) is 16.3 Å². The first-order chi connectivity index (χ1) is 16.6. The highest BCUT2D eigenvalue weighted by Gasteiger charge is 2.37. The molecule has 0 spiro atoms. The Hall–Kier alpha value is -4.17. The second-order valence-corrected chi connectivity index (χ2v) is 8.69. The minimum absolute atomic E-state index is 0.157. The highest BCUT2D eigenvalue weighted by atomic mass is 35.5. The van der Waals surface area contributed by atoms with Crippen molar-refractivity contribution in [2.45, 2.75) is 27.7 Å². The number of hydrogen-bond acceptors (Lipinski definition) is 4. The van der Waals surface area contributed by atoms with E-state index in [4.69, 9.17) is 11.6 Å². The van der Waals surface area contributed by atoms with Crippen LogP contribution in [-0.4, -0.2) is 28.3 Å². The van der Waals surface area contributed by atoms with E-state index in [0.717, 1.165) is 27.5 Å². The van der Waals surface area contributed by atoms with Crippen molar-refractivity contribution < 1.29 is 19.2 Å². The molecule has 8 nitrogen and oxygen atoms in total. The molecule has 2 aromatic carbocycles. The Kier molecular flexibility index (Phi) is 6.32. The predicted octanol–water partition coefficient (Wildman–Crippen LogP) is 4.68. The summed E-state index contributed by atoms with van der Waals surface area (Å²) in [6.45, 7) is 7.03. The first kappa shape index (κ1) is 24.0. The number of anilines is 2. The molecule has 0 radical (unpaired) electrons. The van der Waals surface area contributed by atoms with Crippen molar-refractivity contribution in [3.63, 3.8) is 0 Å². The lowest BCUT2D eigenvalue weighted by molar-refractivity contribution is -0.122. The van der Waals surface area contributed by atoms with Gasteiger partial charge in [-0.05, 0) is 80.4 Å². The van der Waals surface area contributed by atoms with Gasteiger partial charge in [0.15, 0.2) is 0 Å². The molecule has 2 heterocycles. The minimum atomic E-state index is -0.832. The lowest BCUT2D eigenvalue weighted by Crippen LogP contribution is -2.54. The van der Waals surface area contributed by atoms with E-state index < -0.39 is 17.8 Å². The standard InChI is InChI=1S/C26H23ClN4O4/c1-14-5-8-21(13-23(14)27)31-25(34)22(24(33)29-26(31)35)12-18-11-15(2)30(16(18)3)20-9-6-19(7-10-20)28-17(4)32/h5-13H,1-4H3,(H,28,32)(H,29,33,35)/b22-12-. The molecule has 0 atom stereocenters. The Labute approximate surface area is 207 Å². The number of barbiturate groups is 1. The predicted molar refractivity (Wildman–Crippen MR) is 135 cm³/mol. The number of aryl methyl sites for hydroxylation is 2. The first-order valence-corrected chi connectivity index (χ1v) is 11.2. The smallest absolute Gasteiger partial charge is 0.326 e. The van der Waals surface area contributed by atoms with Crippen molar-refractivity contribution >= 4 is 52.8 Å². The van der Waals surface area contributed by atoms with Gasteiger partial charge in [0.1, 0.15) is 5.57 Å². The number of amides is 5. The zero-order valence-corrected chi connectivity index (χ0v) is 20.4. The number of urea groups is 1. The maximum absolute atomic E-state index is 13.2. The van der Waals surface area contributed by atoms with E-state index >= 15 is 0 Å². The highest BCUT2D eigenvalue weighted by molar-refractivity contribution is 6.39. The Morgan fingerprint density at radius 1 is 0.971 bits per heavy atom. The van der Waals surface area contributed by atoms with Gasteiger partial charge < -0.3 is 9.88 Å². The van der Waals surface area contributed by atoms with Crippen LogP contribution in [0, 0.1) is 20.8 Å². The molecule has 1 fully saturated rings. The molecule has 0 unspecified atom stereocenters. The van der Waals surface area contributed by atoms with Crippen LogP contribution in [0.3, 0.4) is 0 Å². The number of aromatic nitrogens is 1. The molecule has 3 aromatic rings. The molecule has 0 aliphatic carbocycles. The number of rotatable bonds is 4. The van der Waals surface area contributed by atoms with Crippen LogP contribution in [0.5, 0.6) is 0 Å². The van der Waals surface area contributed by atoms with Gasteiger partial charge in [0.25, 0.3) is 11.8 Å². The third kappa shape index (κ3) is 4.61. The summed E-state index contributed by atoms with van der Waals surface area (Å²) < 4.78 is 1.97. The molecule has 178 valence electrons. The van der Waals surface area contributed by atoms with E-state index in [9.17, 15) is 19.2 Å². The van der Waals surface area contributed by atoms with Gasteiger partial charge in [0.2, 0.25) is 5.91 Å². The zero-order valence-electron chi connectivity index (χ0n) is 19.6. The van der Waals surface area contributed by atoms with Crippen LogP contribution >= 0.6 is 11.6 Å². The minimum Gasteiger partial charge on any atom is -0.326 e. The van der Waals surface area contributed by atoms with Crippen LogP contribution in [-0.2, 0) is 14.4 Å². The molecule has 2 N–H and O–H groups in total. The number of halogens is 1. The topological polar surface area (TPSA) is 101 Å². The number of carbonyl (C=O) groups is 4. The van der Waals surface area contributed by atoms with Gasteiger partial charge in [-0.2, -0.15) is 0 Å². The van der Waals surface area contributed by atoms with Gasteiger partial charge in [-0.1, -0.05) is 17.7 Å². The van der Waals surface area contributed by atoms with Crippen LogP contribution in [0.1, 0.15) is 29.4 Å². The fourth-order valence-electron chi connectivity index (χ4n) is 4.00. The molecule has 1 aromatic heterocycles. The molecule has 0 saturated carbocycles. The molecular formula is C26H23ClN4O4. The third-order valence-corrected chi connectivity index (χ3v) is 6.14. The summed E-state index contributed by atoms with van der Waals surface area (Å²) in [4.78, 5) is 50.5. The van der Waals surface area contributed by atoms with Crippen molar-refractivity contribution in [2.75, 3.05) is 10.2 Å². The van der Waals surface area contributed by atoms with Gasteiger partial charge in [0, 0.05) is 34.7 Å². The van der Waals surface area contributed by atoms with Crippen LogP contribution < -0.4 is 15.5 Å². The number of nitrogens with one attached hydrogen (secondary N) is 2. The number of nitrogens with zero attached hydrogens (tertiary/aromatic N) is 2. The monoisotopic (exact) mass is 490 g/mol. The van der Waals surface area contributed by atoms with Crippen LogP contribution in [0.2, 0.25) is 5.02 Å². The van der Waals surface area contributed by atoms with Gasteiger partial charge in [-0.3, -0.25) is 19.7 Å². The molecule has 1 aliphatic heterocycles. The number of benzene rings is 2. The molecule has 1 aliphatic rings. The first-order valence-electron chi connectivity index (χ1n) is 10.8. The number of imide groups is 2. The summed E-state index contributed by atoms with van der Waals surface area (Å²) in [6, 6.07) is 13.1. The largest absolute Gasteiger partial charge is 0.335 e. The summed E-state index contributed by atoms with van der Waals surface area (Å²) in [7, 11) is 0. The van der Waals surface area contributed by atoms with Gasteiger partial charge in [-0.15, -0.1) is 0 Å². The van der Waals surface area contributed by atoms with E-state index in [1.165, 1.54) is 19.1 Å². The van der Waals surface area contributed by atoms with Crippen LogP contribution in [0.4, 0.5) is 16.2 Å². The Balaban J connectivity index is 1.71. The van der Waals surface area contributed by atoms with Crippen molar-refractivity contribution in [3.05, 3.63) is 81.6 Å². The van der Waals surface area contributed by atoms with Crippen molar-refractivity contribution in [2.24, 2.45) is 0 Å². The second kappa shape index (κ2) is 9.23. The summed E-state index contributed by atoms with van der Waals surface area (Å²) in [5.74, 6) is -1.65. The van der Waals surface area contributed by atoms with E-state index in [1.54, 1.807) is 24.3 Å². The van der Waals surface area contributed by atoms with Crippen molar-refractivity contribution in [1.29, 1.82) is 0 Å². The van der Waals surface area contributed by atoms with E-state index in [1.807, 2.05) is 43.5 Å². The highest BCUT2D eigenvalue weighted by Crippen LogP contribution is 2.28. The molecule has 9 heteroatoms. The molecular weight excluding hydrogens is 468 g/mol. The second-order valence-electron chi connectivity index (χ2n) is 8.28. The quantitative estimate of drug-likeness (QED) is 0.409. The van der Waals surface area contributed by atoms with E-state index in [-0.39, 0.29) is 17.2 Å². The molecule has 0 bridgehead atoms. The molecule has 4 rings (SSSR count). The fraction of sp³-hybridized carbons (Fsp3) is 0.154. The number of hydrogen-bond donors (Lipinski definition) is 2. The Morgan fingerprint density at radius 2 is 1.63 bits per heavy atom. The lowest BCUT2D eigenvalue weighted by Gasteiger charge is -2.26. The van der Waals surface area contributed by atoms with Gasteiger partial charge >= 0.3 is 6.03 Å². The van der Waals surface area contributed by atoms with Crippen LogP contribution in [0.15, 0.2) is 54.1 Å². The summed E-state index contributed by atoms with van der Waals surface area (Å²) in [6.07, 6.45) is 1.48. The lowest BCUT2D eigenvalue weighted by atomic mass is 10.1. The van der Waals surface area contributed by atoms with Crippen molar-refractivity contribution in [3.8, 4) is 5.69 Å². The van der Waals surface area contributed by atoms with Crippen LogP contribution in [0.25, 0.3) is 11.8 Å². The van der Waals surface area contributed by atoms with Gasteiger partial charge in [0.05, 0.1) is 5.69 Å². The molecule has 35 heavy (non-hydrogen) atoms. The third-order valence-electron chi connectivity index (χ3n) is 5.73. The Morgan fingerprint density at radius 3 is 2.26 bits per heavy atom. The Bertz CT molecular complexity index is 1420. The zero-order chi connectivity index (χ0) is 25.4. The molecule has 1 saturated heterocycles. The fourth-order valence-corrected chi connectivity index (χ4v) is 4.17. The normalized spacial score (nSPS) is 14.9. The summed E-state index contributed by atoms with van der Waals surface area (Å²) in [5.41, 5.74) is 4.76. The summed E-state index contributed by atoms with van der Waals surface area (Å²) in [5, 5.41) is 5.36. The van der Waals surface area contributed by atoms with E-state index in [2.05, 4.69) is 10.6 Å². The maximum atomic E-state index is 13.2. The SMILES string of the molecule is CC(=O)Nc1ccc(-n2c(C)cc(/C=C3/C(=O)NC(=O)N(c4ccc(C)c(Cl)c4)C3=O)c2C)cc1.